The lowest BCUT2D eigenvalue weighted by molar-refractivity contribution is 0.00575. The summed E-state index contributed by atoms with van der Waals surface area (Å²) in [6, 6.07) is 10.5. The number of ether oxygens (including phenoxy) is 1. The van der Waals surface area contributed by atoms with Gasteiger partial charge in [0.2, 0.25) is 0 Å². The maximum absolute atomic E-state index is 7.10. The van der Waals surface area contributed by atoms with Crippen molar-refractivity contribution in [1.82, 2.24) is 0 Å². The Labute approximate surface area is 193 Å². The number of rotatable bonds is 8. The van der Waals surface area contributed by atoms with E-state index in [1.807, 2.05) is 6.08 Å². The predicted molar refractivity (Wildman–Crippen MR) is 138 cm³/mol. The molecule has 0 N–H and O–H groups in total. The lowest BCUT2D eigenvalue weighted by Crippen LogP contribution is -2.53. The van der Waals surface area contributed by atoms with E-state index in [9.17, 15) is 0 Å². The number of benzene rings is 1. The molecule has 1 aromatic rings. The van der Waals surface area contributed by atoms with Crippen molar-refractivity contribution in [2.75, 3.05) is 0 Å². The van der Waals surface area contributed by atoms with Crippen molar-refractivity contribution in [1.29, 1.82) is 0 Å². The summed E-state index contributed by atoms with van der Waals surface area (Å²) in [5, 5.41) is 0.247. The Bertz CT molecular complexity index is 716. The molecule has 2 rings (SSSR count). The third kappa shape index (κ3) is 6.20. The van der Waals surface area contributed by atoms with E-state index in [2.05, 4.69) is 105 Å². The molecule has 0 spiro atoms. The SMILES string of the molecule is C=CCC[C@@H]1O[C@@H](c2ccccc2)[C@@H](O[Si](C)(C)C(C)(C)C)[C@@H]1O[Si](C)(C)C(C)(C)C. The molecule has 1 fully saturated rings. The van der Waals surface area contributed by atoms with E-state index in [0.29, 0.717) is 0 Å². The highest BCUT2D eigenvalue weighted by atomic mass is 28.4. The summed E-state index contributed by atoms with van der Waals surface area (Å²) in [6.07, 6.45) is 3.52. The predicted octanol–water partition coefficient (Wildman–Crippen LogP) is 7.87. The van der Waals surface area contributed by atoms with Crippen molar-refractivity contribution < 1.29 is 13.6 Å². The molecule has 1 aliphatic rings. The van der Waals surface area contributed by atoms with E-state index in [-0.39, 0.29) is 34.5 Å². The lowest BCUT2D eigenvalue weighted by Gasteiger charge is -2.44. The van der Waals surface area contributed by atoms with Gasteiger partial charge in [0.05, 0.1) is 12.2 Å². The van der Waals surface area contributed by atoms with Gasteiger partial charge in [0.1, 0.15) is 12.2 Å². The van der Waals surface area contributed by atoms with E-state index in [1.54, 1.807) is 0 Å². The Morgan fingerprint density at radius 2 is 1.35 bits per heavy atom. The number of hydrogen-bond donors (Lipinski definition) is 0. The standard InChI is InChI=1S/C26H46O3Si2/c1-12-13-19-21-23(28-30(8,9)25(2,3)4)24(29-31(10,11)26(5,6)7)22(27-21)20-17-15-14-16-18-20/h12,14-18,21-24H,1,13,19H2,2-11H3/t21-,22-,23+,24+/m0/s1. The molecule has 3 nitrogen and oxygen atoms in total. The van der Waals surface area contributed by atoms with Gasteiger partial charge < -0.3 is 13.6 Å². The maximum Gasteiger partial charge on any atom is 0.192 e. The van der Waals surface area contributed by atoms with Crippen molar-refractivity contribution in [3.63, 3.8) is 0 Å². The van der Waals surface area contributed by atoms with Gasteiger partial charge in [-0.25, -0.2) is 0 Å². The first kappa shape index (κ1) is 26.5. The van der Waals surface area contributed by atoms with Crippen LogP contribution in [-0.4, -0.2) is 34.9 Å². The maximum atomic E-state index is 7.10. The van der Waals surface area contributed by atoms with Gasteiger partial charge in [-0.05, 0) is 54.7 Å². The van der Waals surface area contributed by atoms with Crippen LogP contribution in [-0.2, 0) is 13.6 Å². The fourth-order valence-corrected chi connectivity index (χ4v) is 6.07. The molecule has 1 aromatic carbocycles. The molecule has 4 atom stereocenters. The van der Waals surface area contributed by atoms with Crippen LogP contribution in [0.4, 0.5) is 0 Å². The molecule has 0 aromatic heterocycles. The molecule has 0 unspecified atom stereocenters. The summed E-state index contributed by atoms with van der Waals surface area (Å²) in [4.78, 5) is 0. The van der Waals surface area contributed by atoms with Crippen molar-refractivity contribution in [3.8, 4) is 0 Å². The summed E-state index contributed by atoms with van der Waals surface area (Å²) in [5.74, 6) is 0. The van der Waals surface area contributed by atoms with Crippen LogP contribution in [0.15, 0.2) is 43.0 Å². The Balaban J connectivity index is 2.50. The van der Waals surface area contributed by atoms with Gasteiger partial charge in [-0.3, -0.25) is 0 Å². The van der Waals surface area contributed by atoms with Crippen molar-refractivity contribution in [2.24, 2.45) is 0 Å². The Morgan fingerprint density at radius 1 is 0.871 bits per heavy atom. The second-order valence-electron chi connectivity index (χ2n) is 12.1. The van der Waals surface area contributed by atoms with E-state index >= 15 is 0 Å². The van der Waals surface area contributed by atoms with Crippen LogP contribution in [0, 0.1) is 0 Å². The molecular formula is C26H46O3Si2. The molecule has 1 saturated heterocycles. The van der Waals surface area contributed by atoms with E-state index in [1.165, 1.54) is 5.56 Å². The molecular weight excluding hydrogens is 416 g/mol. The first-order chi connectivity index (χ1) is 14.1. The molecule has 1 aliphatic heterocycles. The van der Waals surface area contributed by atoms with Crippen LogP contribution in [0.25, 0.3) is 0 Å². The summed E-state index contributed by atoms with van der Waals surface area (Å²) in [5.41, 5.74) is 1.18. The quantitative estimate of drug-likeness (QED) is 0.290. The van der Waals surface area contributed by atoms with Gasteiger partial charge in [0, 0.05) is 0 Å². The van der Waals surface area contributed by atoms with Gasteiger partial charge in [-0.15, -0.1) is 6.58 Å². The fraction of sp³-hybridized carbons (Fsp3) is 0.692. The minimum Gasteiger partial charge on any atom is -0.409 e. The first-order valence-corrected chi connectivity index (χ1v) is 17.6. The summed E-state index contributed by atoms with van der Waals surface area (Å²) in [7, 11) is -4.05. The van der Waals surface area contributed by atoms with Crippen LogP contribution in [0.2, 0.25) is 36.3 Å². The van der Waals surface area contributed by atoms with Gasteiger partial charge in [0.25, 0.3) is 0 Å². The molecule has 0 aliphatic carbocycles. The van der Waals surface area contributed by atoms with E-state index < -0.39 is 16.6 Å². The number of hydrogen-bond acceptors (Lipinski definition) is 3. The van der Waals surface area contributed by atoms with Crippen LogP contribution in [0.1, 0.15) is 66.1 Å². The minimum absolute atomic E-state index is 0.00657. The summed E-state index contributed by atoms with van der Waals surface area (Å²) >= 11 is 0. The minimum atomic E-state index is -2.03. The topological polar surface area (TPSA) is 27.7 Å². The monoisotopic (exact) mass is 462 g/mol. The smallest absolute Gasteiger partial charge is 0.192 e. The van der Waals surface area contributed by atoms with Crippen LogP contribution < -0.4 is 0 Å². The molecule has 1 heterocycles. The molecule has 0 amide bonds. The van der Waals surface area contributed by atoms with Crippen molar-refractivity contribution >= 4 is 16.6 Å². The van der Waals surface area contributed by atoms with Gasteiger partial charge in [-0.1, -0.05) is 78.0 Å². The van der Waals surface area contributed by atoms with Gasteiger partial charge in [-0.2, -0.15) is 0 Å². The average Bonchev–Trinajstić information content (AvgIpc) is 2.95. The Morgan fingerprint density at radius 3 is 1.81 bits per heavy atom. The summed E-state index contributed by atoms with van der Waals surface area (Å²) < 4.78 is 20.9. The van der Waals surface area contributed by atoms with E-state index in [0.717, 1.165) is 12.8 Å². The zero-order valence-corrected chi connectivity index (χ0v) is 23.6. The molecule has 0 bridgehead atoms. The average molecular weight is 463 g/mol. The number of allylic oxidation sites excluding steroid dienone is 1. The molecule has 176 valence electrons. The molecule has 0 radical (unpaired) electrons. The van der Waals surface area contributed by atoms with Crippen LogP contribution >= 0.6 is 0 Å². The van der Waals surface area contributed by atoms with Crippen molar-refractivity contribution in [3.05, 3.63) is 48.6 Å². The lowest BCUT2D eigenvalue weighted by atomic mass is 10.00. The third-order valence-corrected chi connectivity index (χ3v) is 16.5. The van der Waals surface area contributed by atoms with Gasteiger partial charge >= 0.3 is 0 Å². The highest BCUT2D eigenvalue weighted by Gasteiger charge is 2.53. The van der Waals surface area contributed by atoms with E-state index in [4.69, 9.17) is 13.6 Å². The van der Waals surface area contributed by atoms with Crippen molar-refractivity contribution in [2.45, 2.75) is 115 Å². The van der Waals surface area contributed by atoms with Crippen LogP contribution in [0.3, 0.4) is 0 Å². The summed E-state index contributed by atoms with van der Waals surface area (Å²) in [6.45, 7) is 27.0. The highest BCUT2D eigenvalue weighted by molar-refractivity contribution is 6.74. The Hall–Kier alpha value is -0.726. The zero-order valence-electron chi connectivity index (χ0n) is 21.6. The second kappa shape index (κ2) is 9.64. The normalized spacial score (nSPS) is 25.6. The largest absolute Gasteiger partial charge is 0.409 e. The highest BCUT2D eigenvalue weighted by Crippen LogP contribution is 2.47. The third-order valence-electron chi connectivity index (χ3n) is 7.57. The Kier molecular flexibility index (Phi) is 8.25. The van der Waals surface area contributed by atoms with Crippen LogP contribution in [0.5, 0.6) is 0 Å². The molecule has 5 heteroatoms. The molecule has 0 saturated carbocycles. The molecule has 31 heavy (non-hydrogen) atoms. The first-order valence-electron chi connectivity index (χ1n) is 11.8. The zero-order chi connectivity index (χ0) is 23.7. The fourth-order valence-electron chi connectivity index (χ4n) is 3.46. The van der Waals surface area contributed by atoms with Gasteiger partial charge in [0.15, 0.2) is 16.6 Å². The second-order valence-corrected chi connectivity index (χ2v) is 21.6.